The summed E-state index contributed by atoms with van der Waals surface area (Å²) < 4.78 is 0. The second-order valence-electron chi connectivity index (χ2n) is 0.782. The first-order valence-electron chi connectivity index (χ1n) is 1.93. The Kier molecular flexibility index (Phi) is 24.2. The van der Waals surface area contributed by atoms with Gasteiger partial charge < -0.3 is 16.6 Å². The largest absolute Gasteiger partial charge is 0.483 e. The van der Waals surface area contributed by atoms with E-state index in [1.807, 2.05) is 0 Å². The molecular formula is C3H8N2O4S2. The number of hydrogen-bond donors (Lipinski definition) is 5. The third-order valence-electron chi connectivity index (χ3n) is 0. The van der Waals surface area contributed by atoms with Crippen LogP contribution < -0.4 is 11.5 Å². The minimum absolute atomic E-state index is 0.250. The van der Waals surface area contributed by atoms with Crippen molar-refractivity contribution in [3.8, 4) is 0 Å². The SMILES string of the molecule is NC(=O)S.NC(=O)S.O=CO. The van der Waals surface area contributed by atoms with Crippen molar-refractivity contribution in [1.29, 1.82) is 0 Å². The van der Waals surface area contributed by atoms with E-state index in [1.54, 1.807) is 0 Å². The summed E-state index contributed by atoms with van der Waals surface area (Å²) in [6.07, 6.45) is 0. The standard InChI is InChI=1S/2CH3NOS.CH2O2/c2*2-1(3)4;2-1-3/h2*(H3,2,3,4);1H,(H,2,3). The quantitative estimate of drug-likeness (QED) is 0.272. The molecule has 11 heavy (non-hydrogen) atoms. The van der Waals surface area contributed by atoms with E-state index in [2.05, 4.69) is 36.7 Å². The molecule has 0 rings (SSSR count). The summed E-state index contributed by atoms with van der Waals surface area (Å²) in [5, 5.41) is 5.61. The van der Waals surface area contributed by atoms with Crippen molar-refractivity contribution in [2.75, 3.05) is 0 Å². The van der Waals surface area contributed by atoms with E-state index >= 15 is 0 Å². The van der Waals surface area contributed by atoms with Crippen LogP contribution in [0.25, 0.3) is 0 Å². The highest BCUT2D eigenvalue weighted by atomic mass is 32.1. The highest BCUT2D eigenvalue weighted by Gasteiger charge is 1.63. The van der Waals surface area contributed by atoms with E-state index in [1.165, 1.54) is 0 Å². The first-order chi connectivity index (χ1) is 4.88. The van der Waals surface area contributed by atoms with Crippen molar-refractivity contribution in [3.05, 3.63) is 0 Å². The zero-order valence-corrected chi connectivity index (χ0v) is 7.09. The van der Waals surface area contributed by atoms with Crippen LogP contribution in [0.15, 0.2) is 0 Å². The Bertz CT molecular complexity index is 109. The minimum atomic E-state index is -0.639. The molecule has 0 bridgehead atoms. The van der Waals surface area contributed by atoms with Gasteiger partial charge in [0.2, 0.25) is 0 Å². The number of carboxylic acid groups (broad SMARTS) is 1. The van der Waals surface area contributed by atoms with Crippen molar-refractivity contribution in [2.24, 2.45) is 11.5 Å². The lowest BCUT2D eigenvalue weighted by atomic mass is 11.5. The Balaban J connectivity index is -0.0000000886. The van der Waals surface area contributed by atoms with Crippen LogP contribution in [0, 0.1) is 0 Å². The van der Waals surface area contributed by atoms with Crippen LogP contribution in [-0.2, 0) is 4.79 Å². The molecule has 0 aliphatic heterocycles. The Hall–Kier alpha value is -0.890. The highest BCUT2D eigenvalue weighted by Crippen LogP contribution is 1.61. The molecule has 5 N–H and O–H groups in total. The van der Waals surface area contributed by atoms with Crippen molar-refractivity contribution < 1.29 is 19.5 Å². The summed E-state index contributed by atoms with van der Waals surface area (Å²) in [6.45, 7) is -0.250. The molecule has 8 heteroatoms. The molecule has 0 atom stereocenters. The van der Waals surface area contributed by atoms with Crippen LogP contribution >= 0.6 is 25.3 Å². The number of carbonyl (C=O) groups excluding carboxylic acids is 2. The molecule has 0 heterocycles. The minimum Gasteiger partial charge on any atom is -0.483 e. The maximum absolute atomic E-state index is 9.09. The van der Waals surface area contributed by atoms with Crippen molar-refractivity contribution in [1.82, 2.24) is 0 Å². The molecule has 6 nitrogen and oxygen atoms in total. The molecule has 66 valence electrons. The lowest BCUT2D eigenvalue weighted by Gasteiger charge is -1.59. The maximum atomic E-state index is 9.09. The predicted molar refractivity (Wildman–Crippen MR) is 45.8 cm³/mol. The number of primary amides is 2. The lowest BCUT2D eigenvalue weighted by molar-refractivity contribution is -0.122. The molecule has 0 fully saturated rings. The molecule has 0 aromatic heterocycles. The van der Waals surface area contributed by atoms with E-state index < -0.39 is 10.5 Å². The topological polar surface area (TPSA) is 123 Å². The number of carbonyl (C=O) groups is 3. The second kappa shape index (κ2) is 16.1. The van der Waals surface area contributed by atoms with Gasteiger partial charge in [0.1, 0.15) is 0 Å². The monoisotopic (exact) mass is 200 g/mol. The molecule has 2 amide bonds. The van der Waals surface area contributed by atoms with Gasteiger partial charge in [0, 0.05) is 0 Å². The number of amides is 2. The molecule has 0 saturated heterocycles. The zero-order chi connectivity index (χ0) is 9.86. The van der Waals surface area contributed by atoms with E-state index in [9.17, 15) is 0 Å². The van der Waals surface area contributed by atoms with Gasteiger partial charge in [-0.2, -0.15) is 0 Å². The van der Waals surface area contributed by atoms with Gasteiger partial charge in [-0.05, 0) is 0 Å². The second-order valence-corrected chi connectivity index (χ2v) is 1.66. The fourth-order valence-corrected chi connectivity index (χ4v) is 0. The normalized spacial score (nSPS) is 5.64. The molecule has 0 spiro atoms. The van der Waals surface area contributed by atoms with Crippen molar-refractivity contribution in [2.45, 2.75) is 0 Å². The Morgan fingerprint density at radius 1 is 1.18 bits per heavy atom. The lowest BCUT2D eigenvalue weighted by Crippen LogP contribution is -1.95. The summed E-state index contributed by atoms with van der Waals surface area (Å²) in [4.78, 5) is 26.5. The van der Waals surface area contributed by atoms with E-state index in [-0.39, 0.29) is 6.47 Å². The van der Waals surface area contributed by atoms with Crippen LogP contribution in [-0.4, -0.2) is 22.1 Å². The Morgan fingerprint density at radius 2 is 1.18 bits per heavy atom. The summed E-state index contributed by atoms with van der Waals surface area (Å²) >= 11 is 6.21. The van der Waals surface area contributed by atoms with Gasteiger partial charge in [-0.3, -0.25) is 14.4 Å². The van der Waals surface area contributed by atoms with Crippen LogP contribution in [0.4, 0.5) is 9.59 Å². The predicted octanol–water partition coefficient (Wildman–Crippen LogP) is -0.309. The summed E-state index contributed by atoms with van der Waals surface area (Å²) in [5.41, 5.74) is 8.67. The fourth-order valence-electron chi connectivity index (χ4n) is 0. The summed E-state index contributed by atoms with van der Waals surface area (Å²) in [6, 6.07) is 0. The number of hydrogen-bond acceptors (Lipinski definition) is 3. The van der Waals surface area contributed by atoms with E-state index in [0.717, 1.165) is 0 Å². The van der Waals surface area contributed by atoms with Gasteiger partial charge in [0.15, 0.2) is 0 Å². The molecule has 0 aliphatic rings. The van der Waals surface area contributed by atoms with Crippen LogP contribution in [0.2, 0.25) is 0 Å². The van der Waals surface area contributed by atoms with Gasteiger partial charge in [0.25, 0.3) is 17.0 Å². The first kappa shape index (κ1) is 16.6. The van der Waals surface area contributed by atoms with Crippen LogP contribution in [0.1, 0.15) is 0 Å². The number of rotatable bonds is 0. The van der Waals surface area contributed by atoms with Crippen molar-refractivity contribution >= 4 is 42.2 Å². The number of nitrogens with two attached hydrogens (primary N) is 2. The van der Waals surface area contributed by atoms with E-state index in [4.69, 9.17) is 19.5 Å². The smallest absolute Gasteiger partial charge is 0.290 e. The third kappa shape index (κ3) is 581. The van der Waals surface area contributed by atoms with Crippen LogP contribution in [0.3, 0.4) is 0 Å². The fraction of sp³-hybridized carbons (Fsp3) is 0. The van der Waals surface area contributed by atoms with Gasteiger partial charge >= 0.3 is 0 Å². The third-order valence-corrected chi connectivity index (χ3v) is 0. The van der Waals surface area contributed by atoms with Gasteiger partial charge in [0.05, 0.1) is 0 Å². The van der Waals surface area contributed by atoms with Gasteiger partial charge in [-0.1, -0.05) is 25.3 Å². The molecular weight excluding hydrogens is 192 g/mol. The van der Waals surface area contributed by atoms with Crippen LogP contribution in [0.5, 0.6) is 0 Å². The molecule has 0 saturated carbocycles. The average molecular weight is 200 g/mol. The molecule has 0 unspecified atom stereocenters. The van der Waals surface area contributed by atoms with Gasteiger partial charge in [-0.25, -0.2) is 0 Å². The molecule has 0 radical (unpaired) electrons. The van der Waals surface area contributed by atoms with Gasteiger partial charge in [-0.15, -0.1) is 0 Å². The maximum Gasteiger partial charge on any atom is 0.290 e. The molecule has 0 aliphatic carbocycles. The first-order valence-corrected chi connectivity index (χ1v) is 2.82. The summed E-state index contributed by atoms with van der Waals surface area (Å²) in [7, 11) is 0. The highest BCUT2D eigenvalue weighted by molar-refractivity contribution is 7.96. The van der Waals surface area contributed by atoms with E-state index in [0.29, 0.717) is 0 Å². The molecule has 0 aromatic rings. The Labute approximate surface area is 73.7 Å². The Morgan fingerprint density at radius 3 is 1.18 bits per heavy atom. The molecule has 0 aromatic carbocycles. The number of thiol groups is 2. The summed E-state index contributed by atoms with van der Waals surface area (Å²) in [5.74, 6) is 0. The average Bonchev–Trinajstić information content (AvgIpc) is 1.60. The zero-order valence-electron chi connectivity index (χ0n) is 5.30. The van der Waals surface area contributed by atoms with Crippen molar-refractivity contribution in [3.63, 3.8) is 0 Å².